The highest BCUT2D eigenvalue weighted by molar-refractivity contribution is 7.86. The van der Waals surface area contributed by atoms with E-state index < -0.39 is 22.0 Å². The lowest BCUT2D eigenvalue weighted by Gasteiger charge is -2.31. The first-order valence-corrected chi connectivity index (χ1v) is 19.3. The molecule has 270 valence electrons. The zero-order chi connectivity index (χ0) is 34.9. The number of alkyl halides is 2. The molecule has 0 bridgehead atoms. The second-order valence-electron chi connectivity index (χ2n) is 13.0. The van der Waals surface area contributed by atoms with Crippen LogP contribution in [0.15, 0.2) is 36.4 Å². The molecule has 0 radical (unpaired) electrons. The molecule has 2 N–H and O–H groups in total. The maximum Gasteiger partial charge on any atom is 0.276 e. The van der Waals surface area contributed by atoms with Gasteiger partial charge in [-0.3, -0.25) is 4.18 Å². The first-order valence-electron chi connectivity index (χ1n) is 17.7. The van der Waals surface area contributed by atoms with Crippen molar-refractivity contribution in [3.63, 3.8) is 0 Å². The summed E-state index contributed by atoms with van der Waals surface area (Å²) >= 11 is 0. The number of benzene rings is 2. The third-order valence-corrected chi connectivity index (χ3v) is 10.8. The van der Waals surface area contributed by atoms with E-state index >= 15 is 8.78 Å². The monoisotopic (exact) mass is 703 g/mol. The molecule has 0 saturated carbocycles. The predicted octanol–water partition coefficient (Wildman–Crippen LogP) is 6.73. The van der Waals surface area contributed by atoms with Gasteiger partial charge in [-0.1, -0.05) is 37.5 Å². The minimum absolute atomic E-state index is 0.00831. The van der Waals surface area contributed by atoms with Crippen LogP contribution in [0.3, 0.4) is 0 Å². The van der Waals surface area contributed by atoms with Gasteiger partial charge in [0, 0.05) is 35.3 Å². The summed E-state index contributed by atoms with van der Waals surface area (Å²) in [6, 6.07) is 10.6. The van der Waals surface area contributed by atoms with Gasteiger partial charge in [0.1, 0.15) is 5.75 Å². The maximum atomic E-state index is 15.5. The van der Waals surface area contributed by atoms with Crippen molar-refractivity contribution in [2.24, 2.45) is 5.92 Å². The summed E-state index contributed by atoms with van der Waals surface area (Å²) in [5.74, 6) is -2.22. The van der Waals surface area contributed by atoms with E-state index in [9.17, 15) is 8.42 Å². The van der Waals surface area contributed by atoms with Crippen molar-refractivity contribution in [2.45, 2.75) is 77.7 Å². The summed E-state index contributed by atoms with van der Waals surface area (Å²) in [4.78, 5) is 2.26. The van der Waals surface area contributed by atoms with Crippen LogP contribution in [0.1, 0.15) is 81.7 Å². The molecule has 2 fully saturated rings. The molecule has 2 saturated heterocycles. The average molecular weight is 704 g/mol. The van der Waals surface area contributed by atoms with E-state index in [0.29, 0.717) is 58.0 Å². The van der Waals surface area contributed by atoms with Crippen molar-refractivity contribution in [2.75, 3.05) is 68.6 Å². The number of nitrogens with one attached hydrogen (secondary N) is 2. The lowest BCUT2D eigenvalue weighted by molar-refractivity contribution is -0.0754. The molecule has 13 heteroatoms. The van der Waals surface area contributed by atoms with Crippen LogP contribution in [0.25, 0.3) is 10.8 Å². The number of rotatable bonds is 17. The van der Waals surface area contributed by atoms with Crippen molar-refractivity contribution in [3.05, 3.63) is 53.2 Å². The van der Waals surface area contributed by atoms with Crippen LogP contribution in [0, 0.1) is 12.8 Å². The Morgan fingerprint density at radius 1 is 1.02 bits per heavy atom. The van der Waals surface area contributed by atoms with Crippen LogP contribution in [0.2, 0.25) is 0 Å². The Morgan fingerprint density at radius 2 is 1.73 bits per heavy atom. The number of morpholine rings is 1. The highest BCUT2D eigenvalue weighted by Gasteiger charge is 2.41. The van der Waals surface area contributed by atoms with Gasteiger partial charge in [-0.15, -0.1) is 5.10 Å². The number of nitrogens with zero attached hydrogens (tertiary/aromatic N) is 3. The number of hydrogen-bond donors (Lipinski definition) is 2. The number of ether oxygens (including phenoxy) is 2. The third kappa shape index (κ3) is 9.77. The molecule has 10 nitrogen and oxygen atoms in total. The molecule has 2 aromatic carbocycles. The van der Waals surface area contributed by atoms with Gasteiger partial charge in [-0.25, -0.2) is 8.78 Å². The first kappa shape index (κ1) is 37.1. The largest absolute Gasteiger partial charge is 0.491 e. The number of halogens is 2. The fourth-order valence-electron chi connectivity index (χ4n) is 6.48. The fourth-order valence-corrected chi connectivity index (χ4v) is 7.02. The van der Waals surface area contributed by atoms with Crippen LogP contribution in [0.5, 0.6) is 5.75 Å². The molecule has 2 aliphatic heterocycles. The van der Waals surface area contributed by atoms with Gasteiger partial charge in [0.05, 0.1) is 49.6 Å². The number of unbranched alkanes of at least 4 members (excludes halogenated alkanes) is 4. The lowest BCUT2D eigenvalue weighted by atomic mass is 9.86. The third-order valence-electron chi connectivity index (χ3n) is 9.54. The van der Waals surface area contributed by atoms with Gasteiger partial charge < -0.3 is 25.0 Å². The van der Waals surface area contributed by atoms with E-state index in [1.54, 1.807) is 19.1 Å². The molecular weight excluding hydrogens is 652 g/mol. The van der Waals surface area contributed by atoms with E-state index in [0.717, 1.165) is 72.2 Å². The summed E-state index contributed by atoms with van der Waals surface area (Å²) in [5, 5.41) is 17.4. The van der Waals surface area contributed by atoms with Crippen molar-refractivity contribution in [3.8, 4) is 5.75 Å². The number of piperidine rings is 1. The summed E-state index contributed by atoms with van der Waals surface area (Å²) in [6.45, 7) is 10.1. The fraction of sp³-hybridized carbons (Fsp3) is 0.611. The molecule has 3 heterocycles. The minimum Gasteiger partial charge on any atom is -0.491 e. The second kappa shape index (κ2) is 17.2. The minimum atomic E-state index is -3.39. The Bertz CT molecular complexity index is 1630. The zero-order valence-corrected chi connectivity index (χ0v) is 29.8. The SMILES string of the molecule is CCS(=O)(=O)OCCCCCCCOc1cc2c(C)nnc(N[C@H](C)c3cccc(C(F)(F)C4CCNCC4)c3)c2cc1N1CCOCC1. The lowest BCUT2D eigenvalue weighted by Crippen LogP contribution is -2.36. The number of aromatic nitrogens is 2. The van der Waals surface area contributed by atoms with Gasteiger partial charge in [0.2, 0.25) is 0 Å². The number of anilines is 2. The normalized spacial score (nSPS) is 17.0. The first-order chi connectivity index (χ1) is 23.6. The highest BCUT2D eigenvalue weighted by Crippen LogP contribution is 2.42. The van der Waals surface area contributed by atoms with Gasteiger partial charge in [0.25, 0.3) is 16.0 Å². The molecule has 1 aromatic heterocycles. The topological polar surface area (TPSA) is 115 Å². The van der Waals surface area contributed by atoms with Crippen molar-refractivity contribution < 1.29 is 30.9 Å². The van der Waals surface area contributed by atoms with E-state index in [1.165, 1.54) is 6.07 Å². The Balaban J connectivity index is 1.29. The molecule has 0 aliphatic carbocycles. The molecule has 2 aliphatic rings. The summed E-state index contributed by atoms with van der Waals surface area (Å²) in [6.07, 6.45) is 5.30. The van der Waals surface area contributed by atoms with E-state index in [4.69, 9.17) is 13.7 Å². The number of aryl methyl sites for hydroxylation is 1. The Hall–Kier alpha value is -3.13. The summed E-state index contributed by atoms with van der Waals surface area (Å²) in [7, 11) is -3.39. The maximum absolute atomic E-state index is 15.5. The predicted molar refractivity (Wildman–Crippen MR) is 189 cm³/mol. The van der Waals surface area contributed by atoms with Crippen molar-refractivity contribution in [1.29, 1.82) is 0 Å². The highest BCUT2D eigenvalue weighted by atomic mass is 32.2. The van der Waals surface area contributed by atoms with Crippen LogP contribution in [-0.4, -0.2) is 77.0 Å². The second-order valence-corrected chi connectivity index (χ2v) is 15.0. The summed E-state index contributed by atoms with van der Waals surface area (Å²) in [5.41, 5.74) is 2.53. The average Bonchev–Trinajstić information content (AvgIpc) is 3.12. The Morgan fingerprint density at radius 3 is 2.47 bits per heavy atom. The molecular formula is C36H51F2N5O5S. The van der Waals surface area contributed by atoms with E-state index in [1.807, 2.05) is 26.0 Å². The Kier molecular flexibility index (Phi) is 13.0. The zero-order valence-electron chi connectivity index (χ0n) is 29.0. The quantitative estimate of drug-likeness (QED) is 0.116. The Labute approximate surface area is 289 Å². The smallest absolute Gasteiger partial charge is 0.276 e. The van der Waals surface area contributed by atoms with E-state index in [2.05, 4.69) is 31.8 Å². The standard InChI is InChI=1S/C36H51F2N5O5S/c1-4-49(44,45)48-20-9-7-5-6-8-19-47-34-25-31-27(3)41-42-35(32(31)24-33(34)43-17-21-46-22-18-43)40-26(2)28-11-10-12-30(23-28)36(37,38)29-13-15-39-16-14-29/h10-12,23-26,29,39H,4-9,13-22H2,1-3H3,(H,40,42)/t26-/m1/s1. The van der Waals surface area contributed by atoms with Crippen LogP contribution in [-0.2, 0) is 25.0 Å². The van der Waals surface area contributed by atoms with Crippen molar-refractivity contribution in [1.82, 2.24) is 15.5 Å². The molecule has 0 amide bonds. The van der Waals surface area contributed by atoms with E-state index in [-0.39, 0.29) is 24.0 Å². The summed E-state index contributed by atoms with van der Waals surface area (Å²) < 4.78 is 71.0. The molecule has 49 heavy (non-hydrogen) atoms. The molecule has 3 aromatic rings. The van der Waals surface area contributed by atoms with Crippen LogP contribution >= 0.6 is 0 Å². The van der Waals surface area contributed by atoms with Gasteiger partial charge in [-0.05, 0) is 83.3 Å². The van der Waals surface area contributed by atoms with Gasteiger partial charge >= 0.3 is 0 Å². The van der Waals surface area contributed by atoms with Gasteiger partial charge in [-0.2, -0.15) is 13.5 Å². The van der Waals surface area contributed by atoms with Crippen molar-refractivity contribution >= 4 is 32.4 Å². The van der Waals surface area contributed by atoms with Crippen LogP contribution < -0.4 is 20.3 Å². The molecule has 0 spiro atoms. The molecule has 5 rings (SSSR count). The van der Waals surface area contributed by atoms with Crippen LogP contribution in [0.4, 0.5) is 20.3 Å². The van der Waals surface area contributed by atoms with Gasteiger partial charge in [0.15, 0.2) is 5.82 Å². The number of hydrogen-bond acceptors (Lipinski definition) is 10. The number of fused-ring (bicyclic) bond motifs is 1. The molecule has 1 atom stereocenters. The molecule has 0 unspecified atom stereocenters.